The molecule has 0 amide bonds. The van der Waals surface area contributed by atoms with Crippen LogP contribution in [0.25, 0.3) is 0 Å². The van der Waals surface area contributed by atoms with Crippen molar-refractivity contribution in [2.45, 2.75) is 13.5 Å². The summed E-state index contributed by atoms with van der Waals surface area (Å²) in [6.45, 7) is 2.87. The number of aromatic nitrogens is 2. The first-order valence-corrected chi connectivity index (χ1v) is 6.15. The van der Waals surface area contributed by atoms with Crippen molar-refractivity contribution in [2.75, 3.05) is 12.4 Å². The topological polar surface area (TPSA) is 41.9 Å². The van der Waals surface area contributed by atoms with E-state index in [1.54, 1.807) is 13.2 Å². The maximum atomic E-state index is 5.04. The Bertz CT molecular complexity index is 547. The first-order valence-electron chi connectivity index (χ1n) is 5.75. The molecule has 1 aromatic carbocycles. The third-order valence-corrected chi connectivity index (χ3v) is 3.02. The van der Waals surface area contributed by atoms with Gasteiger partial charge in [0.25, 0.3) is 0 Å². The maximum absolute atomic E-state index is 5.04. The fraction of sp³-hybridized carbons (Fsp3) is 0.231. The molecule has 0 radical (unpaired) electrons. The van der Waals surface area contributed by atoms with Gasteiger partial charge < -0.3 is 10.6 Å². The molecule has 5 heteroatoms. The van der Waals surface area contributed by atoms with Gasteiger partial charge in [-0.3, -0.25) is 4.68 Å². The number of nitrogens with one attached hydrogen (secondary N) is 2. The van der Waals surface area contributed by atoms with Gasteiger partial charge in [-0.15, -0.1) is 0 Å². The monoisotopic (exact) mass is 260 g/mol. The van der Waals surface area contributed by atoms with Gasteiger partial charge in [-0.2, -0.15) is 5.10 Å². The Morgan fingerprint density at radius 2 is 2.17 bits per heavy atom. The Balaban J connectivity index is 2.07. The largest absolute Gasteiger partial charge is 0.366 e. The van der Waals surface area contributed by atoms with E-state index in [1.165, 1.54) is 11.1 Å². The van der Waals surface area contributed by atoms with Crippen molar-refractivity contribution >= 4 is 23.0 Å². The zero-order chi connectivity index (χ0) is 13.0. The predicted molar refractivity (Wildman–Crippen MR) is 77.8 cm³/mol. The molecule has 0 bridgehead atoms. The summed E-state index contributed by atoms with van der Waals surface area (Å²) in [4.78, 5) is 0. The fourth-order valence-corrected chi connectivity index (χ4v) is 1.79. The van der Waals surface area contributed by atoms with Crippen molar-refractivity contribution in [3.8, 4) is 0 Å². The van der Waals surface area contributed by atoms with E-state index in [0.717, 1.165) is 12.2 Å². The van der Waals surface area contributed by atoms with Crippen LogP contribution in [0.2, 0.25) is 0 Å². The number of thiocarbonyl (C=S) groups is 1. The molecule has 0 saturated heterocycles. The van der Waals surface area contributed by atoms with Crippen LogP contribution in [0, 0.1) is 6.92 Å². The smallest absolute Gasteiger partial charge is 0.170 e. The summed E-state index contributed by atoms with van der Waals surface area (Å²) in [7, 11) is 1.78. The molecule has 0 aliphatic heterocycles. The van der Waals surface area contributed by atoms with Gasteiger partial charge in [0.1, 0.15) is 0 Å². The van der Waals surface area contributed by atoms with Gasteiger partial charge in [-0.25, -0.2) is 0 Å². The zero-order valence-corrected chi connectivity index (χ0v) is 11.3. The van der Waals surface area contributed by atoms with Crippen LogP contribution >= 0.6 is 12.2 Å². The predicted octanol–water partition coefficient (Wildman–Crippen LogP) is 2.16. The lowest BCUT2D eigenvalue weighted by molar-refractivity contribution is 0.684. The molecule has 1 aromatic heterocycles. The lowest BCUT2D eigenvalue weighted by atomic mass is 10.1. The van der Waals surface area contributed by atoms with Gasteiger partial charge in [0.2, 0.25) is 0 Å². The van der Waals surface area contributed by atoms with Crippen LogP contribution in [0.1, 0.15) is 11.1 Å². The van der Waals surface area contributed by atoms with Crippen LogP contribution in [0.15, 0.2) is 36.7 Å². The summed E-state index contributed by atoms with van der Waals surface area (Å²) in [5, 5.41) is 10.8. The summed E-state index contributed by atoms with van der Waals surface area (Å²) in [5.74, 6) is 0. The summed E-state index contributed by atoms with van der Waals surface area (Å²) in [6.07, 6.45) is 3.71. The van der Waals surface area contributed by atoms with Crippen molar-refractivity contribution in [3.63, 3.8) is 0 Å². The normalized spacial score (nSPS) is 10.1. The van der Waals surface area contributed by atoms with E-state index in [9.17, 15) is 0 Å². The van der Waals surface area contributed by atoms with E-state index in [1.807, 2.05) is 23.0 Å². The van der Waals surface area contributed by atoms with Crippen LogP contribution in [0.3, 0.4) is 0 Å². The molecule has 2 rings (SSSR count). The molecule has 0 fully saturated rings. The highest BCUT2D eigenvalue weighted by Gasteiger charge is 2.02. The van der Waals surface area contributed by atoms with Gasteiger partial charge in [-0.05, 0) is 30.3 Å². The molecular formula is C13H16N4S. The Morgan fingerprint density at radius 1 is 1.39 bits per heavy atom. The average Bonchev–Trinajstić information content (AvgIpc) is 2.79. The molecule has 0 unspecified atom stereocenters. The Hall–Kier alpha value is -1.88. The van der Waals surface area contributed by atoms with Gasteiger partial charge in [0.15, 0.2) is 5.11 Å². The molecule has 2 N–H and O–H groups in total. The van der Waals surface area contributed by atoms with Crippen LogP contribution in [-0.4, -0.2) is 21.9 Å². The summed E-state index contributed by atoms with van der Waals surface area (Å²) in [6, 6.07) is 8.30. The number of nitrogens with zero attached hydrogens (tertiary/aromatic N) is 2. The Kier molecular flexibility index (Phi) is 3.94. The lowest BCUT2D eigenvalue weighted by Crippen LogP contribution is -2.23. The second-order valence-electron chi connectivity index (χ2n) is 4.06. The first kappa shape index (κ1) is 12.6. The van der Waals surface area contributed by atoms with Crippen LogP contribution < -0.4 is 10.6 Å². The first-order chi connectivity index (χ1) is 8.69. The molecule has 0 atom stereocenters. The molecule has 0 saturated carbocycles. The Morgan fingerprint density at radius 3 is 2.89 bits per heavy atom. The van der Waals surface area contributed by atoms with Gasteiger partial charge in [0, 0.05) is 13.2 Å². The molecule has 4 nitrogen and oxygen atoms in total. The minimum Gasteiger partial charge on any atom is -0.366 e. The van der Waals surface area contributed by atoms with Crippen LogP contribution in [0.5, 0.6) is 0 Å². The average molecular weight is 260 g/mol. The third-order valence-electron chi connectivity index (χ3n) is 2.71. The van der Waals surface area contributed by atoms with E-state index in [2.05, 4.69) is 34.8 Å². The second kappa shape index (κ2) is 5.64. The standard InChI is InChI=1S/C13H16N4S/c1-10-5-3-4-6-11(10)8-17-9-12(7-15-17)16-13(18)14-2/h3-7,9H,8H2,1-2H3,(H2,14,16,18). The van der Waals surface area contributed by atoms with Crippen molar-refractivity contribution in [1.82, 2.24) is 15.1 Å². The van der Waals surface area contributed by atoms with Crippen molar-refractivity contribution < 1.29 is 0 Å². The van der Waals surface area contributed by atoms with Gasteiger partial charge >= 0.3 is 0 Å². The molecule has 0 aliphatic carbocycles. The number of hydrogen-bond acceptors (Lipinski definition) is 2. The molecule has 2 aromatic rings. The molecule has 0 aliphatic rings. The van der Waals surface area contributed by atoms with Crippen molar-refractivity contribution in [2.24, 2.45) is 0 Å². The number of rotatable bonds is 3. The maximum Gasteiger partial charge on any atom is 0.170 e. The summed E-state index contributed by atoms with van der Waals surface area (Å²) < 4.78 is 1.89. The highest BCUT2D eigenvalue weighted by molar-refractivity contribution is 7.80. The third kappa shape index (κ3) is 3.07. The minimum absolute atomic E-state index is 0.588. The van der Waals surface area contributed by atoms with Crippen LogP contribution in [-0.2, 0) is 6.54 Å². The van der Waals surface area contributed by atoms with E-state index in [-0.39, 0.29) is 0 Å². The summed E-state index contributed by atoms with van der Waals surface area (Å²) >= 11 is 5.04. The van der Waals surface area contributed by atoms with E-state index in [0.29, 0.717) is 5.11 Å². The van der Waals surface area contributed by atoms with Gasteiger partial charge in [0.05, 0.1) is 18.4 Å². The summed E-state index contributed by atoms with van der Waals surface area (Å²) in [5.41, 5.74) is 3.43. The molecule has 0 spiro atoms. The highest BCUT2D eigenvalue weighted by atomic mass is 32.1. The zero-order valence-electron chi connectivity index (χ0n) is 10.5. The van der Waals surface area contributed by atoms with E-state index >= 15 is 0 Å². The number of benzene rings is 1. The van der Waals surface area contributed by atoms with Crippen molar-refractivity contribution in [3.05, 3.63) is 47.8 Å². The van der Waals surface area contributed by atoms with E-state index < -0.39 is 0 Å². The van der Waals surface area contributed by atoms with Crippen molar-refractivity contribution in [1.29, 1.82) is 0 Å². The second-order valence-corrected chi connectivity index (χ2v) is 4.47. The minimum atomic E-state index is 0.588. The number of anilines is 1. The SMILES string of the molecule is CNC(=S)Nc1cnn(Cc2ccccc2C)c1. The lowest BCUT2D eigenvalue weighted by Gasteiger charge is -2.05. The number of aryl methyl sites for hydroxylation is 1. The molecule has 1 heterocycles. The quantitative estimate of drug-likeness (QED) is 0.830. The van der Waals surface area contributed by atoms with Gasteiger partial charge in [-0.1, -0.05) is 24.3 Å². The Labute approximate surface area is 112 Å². The highest BCUT2D eigenvalue weighted by Crippen LogP contribution is 2.11. The van der Waals surface area contributed by atoms with Crippen LogP contribution in [0.4, 0.5) is 5.69 Å². The van der Waals surface area contributed by atoms with E-state index in [4.69, 9.17) is 12.2 Å². The molecule has 18 heavy (non-hydrogen) atoms. The molecule has 94 valence electrons. The number of hydrogen-bond donors (Lipinski definition) is 2. The molecular weight excluding hydrogens is 244 g/mol. The fourth-order valence-electron chi connectivity index (χ4n) is 1.67.